The van der Waals surface area contributed by atoms with Gasteiger partial charge in [0.25, 0.3) is 5.91 Å². The first kappa shape index (κ1) is 22.4. The van der Waals surface area contributed by atoms with Crippen LogP contribution in [0.1, 0.15) is 36.8 Å². The van der Waals surface area contributed by atoms with Crippen molar-refractivity contribution in [3.63, 3.8) is 0 Å². The number of hydrogen-bond acceptors (Lipinski definition) is 6. The van der Waals surface area contributed by atoms with Gasteiger partial charge in [0.1, 0.15) is 12.4 Å². The van der Waals surface area contributed by atoms with Crippen molar-refractivity contribution in [2.75, 3.05) is 11.9 Å². The third kappa shape index (κ3) is 5.70. The number of hydrogen-bond donors (Lipinski definition) is 2. The topological polar surface area (TPSA) is 95.1 Å². The number of hydroxylamine groups is 1. The van der Waals surface area contributed by atoms with Crippen LogP contribution < -0.4 is 15.5 Å². The Morgan fingerprint density at radius 2 is 1.97 bits per heavy atom. The largest absolute Gasteiger partial charge is 0.478 e. The summed E-state index contributed by atoms with van der Waals surface area (Å²) in [5.41, 5.74) is 4.48. The highest BCUT2D eigenvalue weighted by molar-refractivity contribution is 6.31. The summed E-state index contributed by atoms with van der Waals surface area (Å²) in [6, 6.07) is 12.5. The lowest BCUT2D eigenvalue weighted by Gasteiger charge is -2.28. The quantitative estimate of drug-likeness (QED) is 0.622. The number of nitrogens with one attached hydrogen (secondary N) is 2. The molecule has 0 spiro atoms. The molecule has 8 nitrogen and oxygen atoms in total. The van der Waals surface area contributed by atoms with E-state index in [1.54, 1.807) is 24.3 Å². The SMILES string of the molecule is O=C(Nc1cccc2c1O[C@@H](C(=O)NOC1CCCCO1)CC2)OCc1ccccc1Cl. The van der Waals surface area contributed by atoms with E-state index in [1.807, 2.05) is 18.2 Å². The molecule has 0 saturated carbocycles. The van der Waals surface area contributed by atoms with Crippen molar-refractivity contribution in [3.05, 3.63) is 58.6 Å². The Morgan fingerprint density at radius 3 is 2.78 bits per heavy atom. The number of benzene rings is 2. The molecule has 2 amide bonds. The average molecular weight is 461 g/mol. The van der Waals surface area contributed by atoms with Crippen LogP contribution in [0.15, 0.2) is 42.5 Å². The molecule has 0 aliphatic carbocycles. The van der Waals surface area contributed by atoms with Crippen LogP contribution in [0.5, 0.6) is 5.75 Å². The molecule has 2 aromatic carbocycles. The second kappa shape index (κ2) is 10.7. The van der Waals surface area contributed by atoms with Gasteiger partial charge in [0, 0.05) is 23.6 Å². The number of fused-ring (bicyclic) bond motifs is 1. The summed E-state index contributed by atoms with van der Waals surface area (Å²) in [5, 5.41) is 3.21. The fourth-order valence-corrected chi connectivity index (χ4v) is 3.78. The van der Waals surface area contributed by atoms with E-state index in [-0.39, 0.29) is 12.5 Å². The second-order valence-corrected chi connectivity index (χ2v) is 8.02. The molecule has 4 rings (SSSR count). The molecule has 1 fully saturated rings. The third-order valence-electron chi connectivity index (χ3n) is 5.31. The van der Waals surface area contributed by atoms with Crippen LogP contribution in [0, 0.1) is 0 Å². The highest BCUT2D eigenvalue weighted by Gasteiger charge is 2.29. The summed E-state index contributed by atoms with van der Waals surface area (Å²) >= 11 is 6.10. The Kier molecular flexibility index (Phi) is 7.47. The molecule has 9 heteroatoms. The van der Waals surface area contributed by atoms with Crippen LogP contribution in [0.25, 0.3) is 0 Å². The van der Waals surface area contributed by atoms with Crippen molar-refractivity contribution in [3.8, 4) is 5.75 Å². The summed E-state index contributed by atoms with van der Waals surface area (Å²) in [4.78, 5) is 30.2. The van der Waals surface area contributed by atoms with Crippen LogP contribution in [-0.4, -0.2) is 31.0 Å². The summed E-state index contributed by atoms with van der Waals surface area (Å²) < 4.78 is 16.7. The predicted molar refractivity (Wildman–Crippen MR) is 117 cm³/mol. The Bertz CT molecular complexity index is 963. The normalized spacial score (nSPS) is 19.9. The number of carbonyl (C=O) groups excluding carboxylic acids is 2. The zero-order chi connectivity index (χ0) is 22.3. The molecule has 170 valence electrons. The molecule has 2 N–H and O–H groups in total. The van der Waals surface area contributed by atoms with Crippen molar-refractivity contribution in [2.45, 2.75) is 51.1 Å². The van der Waals surface area contributed by atoms with E-state index < -0.39 is 18.5 Å². The number of rotatable bonds is 6. The number of carbonyl (C=O) groups is 2. The van der Waals surface area contributed by atoms with E-state index in [0.717, 1.165) is 24.8 Å². The minimum absolute atomic E-state index is 0.0347. The van der Waals surface area contributed by atoms with Crippen molar-refractivity contribution < 1.29 is 28.6 Å². The van der Waals surface area contributed by atoms with E-state index in [1.165, 1.54) is 0 Å². The lowest BCUT2D eigenvalue weighted by molar-refractivity contribution is -0.203. The smallest absolute Gasteiger partial charge is 0.412 e. The zero-order valence-electron chi connectivity index (χ0n) is 17.5. The molecule has 2 aliphatic rings. The van der Waals surface area contributed by atoms with Gasteiger partial charge in [-0.15, -0.1) is 0 Å². The van der Waals surface area contributed by atoms with Gasteiger partial charge >= 0.3 is 6.09 Å². The van der Waals surface area contributed by atoms with E-state index in [0.29, 0.717) is 41.5 Å². The molecule has 32 heavy (non-hydrogen) atoms. The molecule has 0 radical (unpaired) electrons. The van der Waals surface area contributed by atoms with E-state index in [9.17, 15) is 9.59 Å². The molecular weight excluding hydrogens is 436 g/mol. The minimum Gasteiger partial charge on any atom is -0.478 e. The highest BCUT2D eigenvalue weighted by Crippen LogP contribution is 2.35. The van der Waals surface area contributed by atoms with Crippen LogP contribution >= 0.6 is 11.6 Å². The molecule has 0 bridgehead atoms. The summed E-state index contributed by atoms with van der Waals surface area (Å²) in [6.07, 6.45) is 2.01. The zero-order valence-corrected chi connectivity index (χ0v) is 18.2. The average Bonchev–Trinajstić information content (AvgIpc) is 2.82. The Balaban J connectivity index is 1.34. The fourth-order valence-electron chi connectivity index (χ4n) is 3.59. The molecule has 2 aliphatic heterocycles. The van der Waals surface area contributed by atoms with E-state index in [4.69, 9.17) is 30.6 Å². The summed E-state index contributed by atoms with van der Waals surface area (Å²) in [6.45, 7) is 0.655. The monoisotopic (exact) mass is 460 g/mol. The van der Waals surface area contributed by atoms with Crippen molar-refractivity contribution in [1.29, 1.82) is 0 Å². The maximum Gasteiger partial charge on any atom is 0.412 e. The lowest BCUT2D eigenvalue weighted by Crippen LogP contribution is -2.43. The number of anilines is 1. The highest BCUT2D eigenvalue weighted by atomic mass is 35.5. The summed E-state index contributed by atoms with van der Waals surface area (Å²) in [7, 11) is 0. The van der Waals surface area contributed by atoms with Crippen LogP contribution in [0.3, 0.4) is 0 Å². The number of amides is 2. The Labute approximate surface area is 191 Å². The van der Waals surface area contributed by atoms with Crippen LogP contribution in [0.2, 0.25) is 5.02 Å². The van der Waals surface area contributed by atoms with Gasteiger partial charge in [-0.2, -0.15) is 0 Å². The Hall–Kier alpha value is -2.81. The predicted octanol–water partition coefficient (Wildman–Crippen LogP) is 4.36. The lowest BCUT2D eigenvalue weighted by atomic mass is 10.0. The van der Waals surface area contributed by atoms with E-state index >= 15 is 0 Å². The van der Waals surface area contributed by atoms with E-state index in [2.05, 4.69) is 10.8 Å². The van der Waals surface area contributed by atoms with Gasteiger partial charge in [0.15, 0.2) is 12.4 Å². The van der Waals surface area contributed by atoms with Gasteiger partial charge in [-0.25, -0.2) is 15.1 Å². The van der Waals surface area contributed by atoms with Crippen LogP contribution in [0.4, 0.5) is 10.5 Å². The molecular formula is C23H25ClN2O6. The minimum atomic E-state index is -0.742. The standard InChI is InChI=1S/C23H25ClN2O6/c24-17-8-2-1-6-16(17)14-30-23(28)25-18-9-5-7-15-11-12-19(31-21(15)18)22(27)26-32-20-10-3-4-13-29-20/h1-2,5-9,19-20H,3-4,10-14H2,(H,25,28)(H,26,27)/t19-,20?/m1/s1. The molecule has 1 saturated heterocycles. The second-order valence-electron chi connectivity index (χ2n) is 7.61. The van der Waals surface area contributed by atoms with Gasteiger partial charge < -0.3 is 14.2 Å². The van der Waals surface area contributed by atoms with Crippen molar-refractivity contribution in [1.82, 2.24) is 5.48 Å². The van der Waals surface area contributed by atoms with Crippen LogP contribution in [-0.2, 0) is 32.1 Å². The number of halogens is 1. The maximum atomic E-state index is 12.5. The van der Waals surface area contributed by atoms with Gasteiger partial charge in [-0.05, 0) is 43.4 Å². The number of para-hydroxylation sites is 1. The van der Waals surface area contributed by atoms with Gasteiger partial charge in [0.05, 0.1) is 5.69 Å². The third-order valence-corrected chi connectivity index (χ3v) is 5.68. The first-order valence-electron chi connectivity index (χ1n) is 10.6. The molecule has 1 unspecified atom stereocenters. The van der Waals surface area contributed by atoms with Gasteiger partial charge in [-0.1, -0.05) is 41.9 Å². The molecule has 2 aromatic rings. The first-order valence-corrected chi connectivity index (χ1v) is 11.0. The molecule has 2 heterocycles. The van der Waals surface area contributed by atoms with Crippen molar-refractivity contribution >= 4 is 29.3 Å². The molecule has 0 aromatic heterocycles. The number of ether oxygens (including phenoxy) is 3. The Morgan fingerprint density at radius 1 is 1.09 bits per heavy atom. The molecule has 2 atom stereocenters. The van der Waals surface area contributed by atoms with Gasteiger partial charge in [-0.3, -0.25) is 10.1 Å². The summed E-state index contributed by atoms with van der Waals surface area (Å²) in [5.74, 6) is 0.0587. The van der Waals surface area contributed by atoms with Crippen molar-refractivity contribution in [2.24, 2.45) is 0 Å². The first-order chi connectivity index (χ1) is 15.6. The van der Waals surface area contributed by atoms with Gasteiger partial charge in [0.2, 0.25) is 0 Å². The maximum absolute atomic E-state index is 12.5. The fraction of sp³-hybridized carbons (Fsp3) is 0.391. The number of aryl methyl sites for hydroxylation is 1.